The molecule has 141 heavy (non-hydrogen) atoms. The number of ether oxygens (including phenoxy) is 2. The fourth-order valence-electron chi connectivity index (χ4n) is 17.5. The van der Waals surface area contributed by atoms with Crippen LogP contribution >= 0.6 is 0 Å². The summed E-state index contributed by atoms with van der Waals surface area (Å²) >= 11 is 0. The van der Waals surface area contributed by atoms with Crippen LogP contribution in [0, 0.1) is 96.7 Å². The Morgan fingerprint density at radius 3 is 1.36 bits per heavy atom. The second-order valence-corrected chi connectivity index (χ2v) is 40.6. The zero-order chi connectivity index (χ0) is 105. The van der Waals surface area contributed by atoms with E-state index in [1.807, 2.05) is 174 Å². The number of unbranched alkanes of at least 4 members (excludes halogenated alkanes) is 1. The van der Waals surface area contributed by atoms with Crippen LogP contribution in [0.5, 0.6) is 5.75 Å². The number of para-hydroxylation sites is 1. The molecule has 11 rings (SSSR count). The number of carboxylic acid groups (broad SMARTS) is 3. The van der Waals surface area contributed by atoms with Crippen LogP contribution in [0.3, 0.4) is 0 Å². The molecule has 1 aromatic heterocycles. The summed E-state index contributed by atoms with van der Waals surface area (Å²) in [6, 6.07) is 61.8. The third-order valence-electron chi connectivity index (χ3n) is 25.8. The van der Waals surface area contributed by atoms with Gasteiger partial charge < -0.3 is 50.1 Å². The Hall–Kier alpha value is -12.1. The van der Waals surface area contributed by atoms with Crippen LogP contribution < -0.4 is 20.3 Å². The number of aliphatic carboxylic acids is 3. The number of hydrogen-bond donors (Lipinski definition) is 5. The molecule has 23 nitrogen and oxygen atoms in total. The first kappa shape index (κ1) is 119. The molecule has 0 spiro atoms. The Morgan fingerprint density at radius 2 is 0.915 bits per heavy atom. The maximum absolute atomic E-state index is 12.8. The number of methoxy groups -OCH3 is 1. The zero-order valence-electron chi connectivity index (χ0n) is 88.5. The Labute approximate surface area is 842 Å². The quantitative estimate of drug-likeness (QED) is 0.0103. The van der Waals surface area contributed by atoms with Gasteiger partial charge >= 0.3 is 23.9 Å². The number of amides is 6. The minimum absolute atomic E-state index is 0.0342. The molecule has 0 radical (unpaired) electrons. The van der Waals surface area contributed by atoms with E-state index in [2.05, 4.69) is 160 Å². The number of aryl methyl sites for hydroxylation is 4. The first-order valence-corrected chi connectivity index (χ1v) is 51.1. The summed E-state index contributed by atoms with van der Waals surface area (Å²) in [6.07, 6.45) is 10.7. The SMILES string of the molecule is CC(C)C(CCC(=O)N1CCCCC1)C(=O)O.CC(C)C(Cc1ccccc1)C(=O)O.CC(C)CCCCC(C(=O)O)N1C(=O)c2ccccc2C1=O.CCc1cccc(CC)c1NC(=O)C(CC(C)C)C(C)C.COc1ccc(N2CCN(C(=O)C(C(C)C)C(C)C)CC2)cc1.Cc1ccc(C(=O)C(OC(=O)CC(C)C)c2ccccc2)cc1.Cc1cccc(NC(=O)C(Cc2ccccc2)C(C)C)n1. The molecular weight excluding hydrogens is 1770 g/mol. The molecule has 0 bridgehead atoms. The fourth-order valence-corrected chi connectivity index (χ4v) is 17.5. The lowest BCUT2D eigenvalue weighted by molar-refractivity contribution is -0.148. The van der Waals surface area contributed by atoms with Crippen molar-refractivity contribution in [2.24, 2.45) is 82.9 Å². The highest BCUT2D eigenvalue weighted by atomic mass is 16.5. The van der Waals surface area contributed by atoms with Crippen molar-refractivity contribution in [2.45, 2.75) is 261 Å². The van der Waals surface area contributed by atoms with Crippen LogP contribution in [-0.4, -0.2) is 153 Å². The van der Waals surface area contributed by atoms with E-state index in [-0.39, 0.29) is 76.8 Å². The van der Waals surface area contributed by atoms with Crippen LogP contribution in [-0.2, 0) is 68.8 Å². The van der Waals surface area contributed by atoms with Crippen molar-refractivity contribution in [1.82, 2.24) is 19.7 Å². The summed E-state index contributed by atoms with van der Waals surface area (Å²) in [5.41, 5.74) is 10.8. The van der Waals surface area contributed by atoms with Gasteiger partial charge in [-0.2, -0.15) is 0 Å². The number of carbonyl (C=O) groups is 11. The van der Waals surface area contributed by atoms with E-state index in [1.54, 1.807) is 55.6 Å². The van der Waals surface area contributed by atoms with Crippen molar-refractivity contribution < 1.29 is 77.5 Å². The molecule has 6 atom stereocenters. The number of ketones is 1. The monoisotopic (exact) mass is 1940 g/mol. The summed E-state index contributed by atoms with van der Waals surface area (Å²) in [5.74, 6) is 0.412. The highest BCUT2D eigenvalue weighted by Gasteiger charge is 2.43. The Balaban J connectivity index is 0.000000291. The van der Waals surface area contributed by atoms with Gasteiger partial charge in [0.05, 0.1) is 30.1 Å². The molecule has 6 unspecified atom stereocenters. The van der Waals surface area contributed by atoms with Crippen molar-refractivity contribution in [1.29, 1.82) is 0 Å². The van der Waals surface area contributed by atoms with Crippen molar-refractivity contribution in [3.05, 3.63) is 256 Å². The van der Waals surface area contributed by atoms with E-state index in [4.69, 9.17) is 19.7 Å². The molecule has 7 aromatic carbocycles. The Bertz CT molecular complexity index is 5070. The molecule has 0 saturated carbocycles. The number of hydrogen-bond acceptors (Lipinski definition) is 15. The van der Waals surface area contributed by atoms with E-state index in [1.165, 1.54) is 28.8 Å². The minimum atomic E-state index is -1.13. The van der Waals surface area contributed by atoms with E-state index < -0.39 is 47.8 Å². The number of piperidine rings is 1. The standard InChI is InChI=1S/C20H22O3.C19H30N2O2.C19H31NO.C18H22N2O.C17H21NO4.C13H23NO3.C12H16O2/c1-14(2)13-18(21)23-20(17-7-5-4-6-8-17)19(22)16-11-9-15(3)10-12-16;1-14(2)18(15(3)4)19(22)21-12-10-20(11-13-21)16-6-8-17(23-5)9-7-16;1-7-15-10-9-11-16(8-2)18(15)20-19(21)17(14(5)6)12-13(3)4;1-13(2)16(12-15-9-5-4-6-10-15)18(21)20-17-11-7-8-14(3)19-17;1-11(2)7-3-6-10-14(17(21)22)18-15(19)12-8-4-5-9-13(12)16(18)20;1-10(2)11(13(16)17)6-7-12(15)14-8-4-3-5-9-14;1-9(2)11(12(13)14)8-10-6-4-3-5-7-10/h4-12,14,20H,13H2,1-3H3;6-9,14-15,18H,10-13H2,1-5H3;9-11,13-14,17H,7-8,12H2,1-6H3,(H,20,21);4-11,13,16H,12H2,1-3H3,(H,19,20,21);4-5,8-9,11,14H,3,6-7,10H2,1-2H3,(H,21,22);10-11H,3-9H2,1-2H3,(H,16,17);3-7,9,11H,8H2,1-2H3,(H,13,14). The third kappa shape index (κ3) is 40.8. The van der Waals surface area contributed by atoms with Crippen LogP contribution in [0.4, 0.5) is 17.2 Å². The highest BCUT2D eigenvalue weighted by Crippen LogP contribution is 2.33. The van der Waals surface area contributed by atoms with Gasteiger partial charge in [-0.3, -0.25) is 52.8 Å². The number of pyridine rings is 1. The van der Waals surface area contributed by atoms with Gasteiger partial charge in [-0.05, 0) is 202 Å². The summed E-state index contributed by atoms with van der Waals surface area (Å²) in [7, 11) is 1.68. The van der Waals surface area contributed by atoms with Gasteiger partial charge in [0.2, 0.25) is 29.4 Å². The lowest BCUT2D eigenvalue weighted by atomic mass is 9.84. The fraction of sp³-hybridized carbons (Fsp3) is 0.508. The molecule has 2 fully saturated rings. The number of carbonyl (C=O) groups excluding carboxylic acids is 8. The van der Waals surface area contributed by atoms with Crippen LogP contribution in [0.15, 0.2) is 200 Å². The number of nitrogens with one attached hydrogen (secondary N) is 2. The predicted molar refractivity (Wildman–Crippen MR) is 566 cm³/mol. The van der Waals surface area contributed by atoms with Crippen LogP contribution in [0.25, 0.3) is 0 Å². The van der Waals surface area contributed by atoms with Gasteiger partial charge in [0.1, 0.15) is 17.6 Å². The van der Waals surface area contributed by atoms with Gasteiger partial charge in [0.25, 0.3) is 11.8 Å². The average Bonchev–Trinajstić information content (AvgIpc) is 1.62. The number of fused-ring (bicyclic) bond motifs is 1. The Kier molecular flexibility index (Phi) is 52.7. The average molecular weight is 1940 g/mol. The number of Topliss-reactive ketones (excluding diaryl/α,β-unsaturated/α-hetero) is 1. The van der Waals surface area contributed by atoms with Gasteiger partial charge in [-0.25, -0.2) is 9.78 Å². The molecule has 5 N–H and O–H groups in total. The number of esters is 1. The largest absolute Gasteiger partial charge is 0.497 e. The van der Waals surface area contributed by atoms with Gasteiger partial charge in [0, 0.05) is 98.1 Å². The van der Waals surface area contributed by atoms with Crippen LogP contribution in [0.2, 0.25) is 0 Å². The van der Waals surface area contributed by atoms with E-state index in [0.29, 0.717) is 102 Å². The van der Waals surface area contributed by atoms with E-state index in [9.17, 15) is 57.8 Å². The second kappa shape index (κ2) is 62.2. The number of nitrogens with zero attached hydrogens (tertiary/aromatic N) is 5. The maximum Gasteiger partial charge on any atom is 0.326 e. The molecular formula is C118H165N7O16. The van der Waals surface area contributed by atoms with Crippen LogP contribution in [0.1, 0.15) is 285 Å². The number of piperazine rings is 1. The molecule has 6 amide bonds. The number of benzene rings is 7. The topological polar surface area (TPSA) is 317 Å². The summed E-state index contributed by atoms with van der Waals surface area (Å²) in [4.78, 5) is 144. The Morgan fingerprint density at radius 1 is 0.440 bits per heavy atom. The highest BCUT2D eigenvalue weighted by molar-refractivity contribution is 6.22. The van der Waals surface area contributed by atoms with Crippen molar-refractivity contribution in [3.63, 3.8) is 0 Å². The molecule has 23 heteroatoms. The maximum atomic E-state index is 12.8. The predicted octanol–water partition coefficient (Wildman–Crippen LogP) is 24.4. The molecule has 2 saturated heterocycles. The van der Waals surface area contributed by atoms with Gasteiger partial charge in [0.15, 0.2) is 6.10 Å². The molecule has 3 aliphatic heterocycles. The molecule has 768 valence electrons. The van der Waals surface area contributed by atoms with Crippen molar-refractivity contribution in [2.75, 3.05) is 61.9 Å². The normalized spacial score (nSPS) is 14.1. The van der Waals surface area contributed by atoms with Crippen molar-refractivity contribution >= 4 is 82.3 Å². The molecule has 4 heterocycles. The van der Waals surface area contributed by atoms with Gasteiger partial charge in [-0.15, -0.1) is 0 Å². The lowest BCUT2D eigenvalue weighted by Crippen LogP contribution is -2.51. The summed E-state index contributed by atoms with van der Waals surface area (Å²) in [6.45, 7) is 50.4. The van der Waals surface area contributed by atoms with Gasteiger partial charge in [-0.1, -0.05) is 315 Å². The summed E-state index contributed by atoms with van der Waals surface area (Å²) in [5, 5.41) is 33.6. The number of anilines is 3. The number of carboxylic acids is 3. The zero-order valence-corrected chi connectivity index (χ0v) is 88.5. The second-order valence-electron chi connectivity index (χ2n) is 40.6. The number of rotatable bonds is 39. The number of aromatic nitrogens is 1. The first-order chi connectivity index (χ1) is 66.9. The molecule has 0 aliphatic carbocycles. The van der Waals surface area contributed by atoms with E-state index >= 15 is 0 Å². The lowest BCUT2D eigenvalue weighted by Gasteiger charge is -2.39. The molecule has 8 aromatic rings. The number of likely N-dealkylation sites (tertiary alicyclic amines) is 1. The number of imide groups is 1. The first-order valence-electron chi connectivity index (χ1n) is 51.1. The molecule has 3 aliphatic rings. The van der Waals surface area contributed by atoms with Crippen molar-refractivity contribution in [3.8, 4) is 5.75 Å². The summed E-state index contributed by atoms with van der Waals surface area (Å²) < 4.78 is 10.7. The smallest absolute Gasteiger partial charge is 0.326 e. The third-order valence-corrected chi connectivity index (χ3v) is 25.8. The minimum Gasteiger partial charge on any atom is -0.497 e. The van der Waals surface area contributed by atoms with E-state index in [0.717, 1.165) is 124 Å².